The number of aliphatic carboxylic acids is 1. The van der Waals surface area contributed by atoms with Crippen LogP contribution in [0.4, 0.5) is 5.69 Å². The van der Waals surface area contributed by atoms with Gasteiger partial charge in [0.05, 0.1) is 0 Å². The summed E-state index contributed by atoms with van der Waals surface area (Å²) in [7, 11) is 0. The quantitative estimate of drug-likeness (QED) is 0.635. The lowest BCUT2D eigenvalue weighted by molar-refractivity contribution is -0.146. The molecule has 19 heavy (non-hydrogen) atoms. The number of carboxylic acid groups (broad SMARTS) is 1. The Morgan fingerprint density at radius 2 is 2.21 bits per heavy atom. The third-order valence-electron chi connectivity index (χ3n) is 3.15. The first-order valence-electron chi connectivity index (χ1n) is 6.15. The number of hydrogen-bond acceptors (Lipinski definition) is 3. The molecule has 0 spiro atoms. The third-order valence-corrected chi connectivity index (χ3v) is 3.15. The van der Waals surface area contributed by atoms with Crippen LogP contribution in [-0.4, -0.2) is 34.5 Å². The fourth-order valence-corrected chi connectivity index (χ4v) is 2.21. The normalized spacial score (nSPS) is 18.9. The molecule has 5 nitrogen and oxygen atoms in total. The molecule has 1 aliphatic heterocycles. The van der Waals surface area contributed by atoms with Crippen LogP contribution in [0.3, 0.4) is 0 Å². The fourth-order valence-electron chi connectivity index (χ4n) is 2.21. The summed E-state index contributed by atoms with van der Waals surface area (Å²) >= 11 is 0. The summed E-state index contributed by atoms with van der Waals surface area (Å²) in [6.07, 6.45) is 4.30. The van der Waals surface area contributed by atoms with Gasteiger partial charge in [-0.15, -0.1) is 0 Å². The van der Waals surface area contributed by atoms with E-state index in [0.717, 1.165) is 12.0 Å². The van der Waals surface area contributed by atoms with Crippen LogP contribution in [0.15, 0.2) is 30.3 Å². The monoisotopic (exact) mass is 260 g/mol. The Kier molecular flexibility index (Phi) is 3.85. The van der Waals surface area contributed by atoms with Gasteiger partial charge in [-0.3, -0.25) is 4.79 Å². The number of amides is 1. The molecule has 0 aliphatic carbocycles. The molecule has 1 atom stereocenters. The number of nitrogens with zero attached hydrogens (tertiary/aromatic N) is 1. The number of carbonyl (C=O) groups excluding carboxylic acids is 1. The molecule has 0 aromatic heterocycles. The van der Waals surface area contributed by atoms with Crippen molar-refractivity contribution in [3.63, 3.8) is 0 Å². The van der Waals surface area contributed by atoms with E-state index in [0.29, 0.717) is 18.7 Å². The molecule has 1 saturated heterocycles. The van der Waals surface area contributed by atoms with E-state index in [1.807, 2.05) is 6.07 Å². The van der Waals surface area contributed by atoms with Gasteiger partial charge in [-0.05, 0) is 36.6 Å². The van der Waals surface area contributed by atoms with Crippen LogP contribution in [0.1, 0.15) is 18.4 Å². The molecule has 1 heterocycles. The standard InChI is InChI=1S/C14H16N2O3/c15-11-4-1-3-10(9-11)6-7-13(17)16-8-2-5-12(16)14(18)19/h1,3-4,6-7,9,12H,2,5,8,15H2,(H,18,19)/b7-6+/t12-/m0/s1. The highest BCUT2D eigenvalue weighted by Crippen LogP contribution is 2.18. The zero-order valence-electron chi connectivity index (χ0n) is 10.5. The summed E-state index contributed by atoms with van der Waals surface area (Å²) < 4.78 is 0. The number of carboxylic acids is 1. The van der Waals surface area contributed by atoms with E-state index >= 15 is 0 Å². The van der Waals surface area contributed by atoms with Gasteiger partial charge in [0.1, 0.15) is 6.04 Å². The number of likely N-dealkylation sites (tertiary alicyclic amines) is 1. The molecule has 0 unspecified atom stereocenters. The van der Waals surface area contributed by atoms with Crippen LogP contribution in [0.2, 0.25) is 0 Å². The molecule has 0 bridgehead atoms. The molecule has 0 saturated carbocycles. The van der Waals surface area contributed by atoms with Gasteiger partial charge in [0.25, 0.3) is 0 Å². The van der Waals surface area contributed by atoms with Crippen molar-refractivity contribution < 1.29 is 14.7 Å². The Hall–Kier alpha value is -2.30. The topological polar surface area (TPSA) is 83.6 Å². The first-order chi connectivity index (χ1) is 9.08. The van der Waals surface area contributed by atoms with Gasteiger partial charge in [0, 0.05) is 18.3 Å². The van der Waals surface area contributed by atoms with E-state index in [1.54, 1.807) is 24.3 Å². The van der Waals surface area contributed by atoms with Crippen molar-refractivity contribution >= 4 is 23.6 Å². The first-order valence-corrected chi connectivity index (χ1v) is 6.15. The maximum atomic E-state index is 12.0. The van der Waals surface area contributed by atoms with Crippen LogP contribution < -0.4 is 5.73 Å². The van der Waals surface area contributed by atoms with Crippen molar-refractivity contribution in [2.75, 3.05) is 12.3 Å². The maximum absolute atomic E-state index is 12.0. The van der Waals surface area contributed by atoms with Gasteiger partial charge in [-0.2, -0.15) is 0 Å². The number of nitrogen functional groups attached to an aromatic ring is 1. The van der Waals surface area contributed by atoms with Gasteiger partial charge in [0.15, 0.2) is 0 Å². The molecule has 1 aromatic carbocycles. The van der Waals surface area contributed by atoms with E-state index < -0.39 is 12.0 Å². The SMILES string of the molecule is Nc1cccc(/C=C/C(=O)N2CCC[C@H]2C(=O)O)c1. The van der Waals surface area contributed by atoms with Gasteiger partial charge in [0.2, 0.25) is 5.91 Å². The molecule has 5 heteroatoms. The van der Waals surface area contributed by atoms with Gasteiger partial charge >= 0.3 is 5.97 Å². The molecule has 100 valence electrons. The number of nitrogens with two attached hydrogens (primary N) is 1. The van der Waals surface area contributed by atoms with Crippen molar-refractivity contribution in [3.05, 3.63) is 35.9 Å². The predicted octanol–water partition coefficient (Wildman–Crippen LogP) is 1.36. The van der Waals surface area contributed by atoms with Gasteiger partial charge < -0.3 is 15.7 Å². The number of rotatable bonds is 3. The summed E-state index contributed by atoms with van der Waals surface area (Å²) in [6, 6.07) is 6.45. The second-order valence-corrected chi connectivity index (χ2v) is 4.53. The smallest absolute Gasteiger partial charge is 0.326 e. The average molecular weight is 260 g/mol. The van der Waals surface area contributed by atoms with Crippen LogP contribution in [0.5, 0.6) is 0 Å². The molecule has 1 aromatic rings. The second kappa shape index (κ2) is 5.56. The van der Waals surface area contributed by atoms with Crippen molar-refractivity contribution in [3.8, 4) is 0 Å². The minimum Gasteiger partial charge on any atom is -0.480 e. The third kappa shape index (κ3) is 3.13. The van der Waals surface area contributed by atoms with Crippen LogP contribution in [0, 0.1) is 0 Å². The van der Waals surface area contributed by atoms with Gasteiger partial charge in [-0.1, -0.05) is 12.1 Å². The molecular weight excluding hydrogens is 244 g/mol. The Morgan fingerprint density at radius 1 is 1.42 bits per heavy atom. The number of benzene rings is 1. The van der Waals surface area contributed by atoms with Crippen molar-refractivity contribution in [2.24, 2.45) is 0 Å². The van der Waals surface area contributed by atoms with Crippen LogP contribution in [-0.2, 0) is 9.59 Å². The highest BCUT2D eigenvalue weighted by atomic mass is 16.4. The molecule has 1 amide bonds. The lowest BCUT2D eigenvalue weighted by Crippen LogP contribution is -2.39. The molecule has 0 radical (unpaired) electrons. The van der Waals surface area contributed by atoms with E-state index in [1.165, 1.54) is 11.0 Å². The highest BCUT2D eigenvalue weighted by molar-refractivity contribution is 5.94. The average Bonchev–Trinajstić information content (AvgIpc) is 2.85. The van der Waals surface area contributed by atoms with Crippen LogP contribution in [0.25, 0.3) is 6.08 Å². The minimum atomic E-state index is -0.941. The van der Waals surface area contributed by atoms with Crippen molar-refractivity contribution in [1.29, 1.82) is 0 Å². The Bertz CT molecular complexity index is 525. The summed E-state index contributed by atoms with van der Waals surface area (Å²) in [4.78, 5) is 24.4. The van der Waals surface area contributed by atoms with E-state index in [-0.39, 0.29) is 5.91 Å². The Balaban J connectivity index is 2.06. The second-order valence-electron chi connectivity index (χ2n) is 4.53. The van der Waals surface area contributed by atoms with E-state index in [4.69, 9.17) is 10.8 Å². The van der Waals surface area contributed by atoms with E-state index in [9.17, 15) is 9.59 Å². The molecular formula is C14H16N2O3. The number of carbonyl (C=O) groups is 2. The summed E-state index contributed by atoms with van der Waals surface area (Å²) in [5, 5.41) is 9.02. The lowest BCUT2D eigenvalue weighted by Gasteiger charge is -2.19. The summed E-state index contributed by atoms with van der Waals surface area (Å²) in [5.41, 5.74) is 7.09. The van der Waals surface area contributed by atoms with Gasteiger partial charge in [-0.25, -0.2) is 4.79 Å². The highest BCUT2D eigenvalue weighted by Gasteiger charge is 2.32. The Morgan fingerprint density at radius 3 is 2.89 bits per heavy atom. The van der Waals surface area contributed by atoms with Crippen molar-refractivity contribution in [2.45, 2.75) is 18.9 Å². The van der Waals surface area contributed by atoms with Crippen LogP contribution >= 0.6 is 0 Å². The Labute approximate surface area is 111 Å². The molecule has 1 fully saturated rings. The predicted molar refractivity (Wildman–Crippen MR) is 72.3 cm³/mol. The zero-order valence-corrected chi connectivity index (χ0v) is 10.5. The first kappa shape index (κ1) is 13.1. The largest absolute Gasteiger partial charge is 0.480 e. The lowest BCUT2D eigenvalue weighted by atomic mass is 10.2. The summed E-state index contributed by atoms with van der Waals surface area (Å²) in [5.74, 6) is -1.21. The van der Waals surface area contributed by atoms with Crippen molar-refractivity contribution in [1.82, 2.24) is 4.90 Å². The maximum Gasteiger partial charge on any atom is 0.326 e. The molecule has 1 aliphatic rings. The van der Waals surface area contributed by atoms with E-state index in [2.05, 4.69) is 0 Å². The minimum absolute atomic E-state index is 0.271. The zero-order chi connectivity index (χ0) is 13.8. The summed E-state index contributed by atoms with van der Waals surface area (Å²) in [6.45, 7) is 0.497. The fraction of sp³-hybridized carbons (Fsp3) is 0.286. The number of hydrogen-bond donors (Lipinski definition) is 2. The molecule has 2 rings (SSSR count). The number of anilines is 1. The molecule has 3 N–H and O–H groups in total.